The van der Waals surface area contributed by atoms with E-state index in [4.69, 9.17) is 0 Å². The molecule has 5 nitrogen and oxygen atoms in total. The Balaban J connectivity index is 2.48. The van der Waals surface area contributed by atoms with Gasteiger partial charge in [-0.25, -0.2) is 4.90 Å². The van der Waals surface area contributed by atoms with Crippen molar-refractivity contribution in [3.05, 3.63) is 36.4 Å². The van der Waals surface area contributed by atoms with Crippen LogP contribution in [0.1, 0.15) is 0 Å². The van der Waals surface area contributed by atoms with Crippen molar-refractivity contribution in [2.24, 2.45) is 0 Å². The summed E-state index contributed by atoms with van der Waals surface area (Å²) in [7, 11) is -4.86. The molecule has 2 amide bonds. The standard InChI is InChI=1S/C10H6FNO4S/c11-17(15,16)8-3-1-2-7(6-8)12-9(13)4-5-10(12)14/h1-6H. The van der Waals surface area contributed by atoms with Gasteiger partial charge in [-0.15, -0.1) is 3.89 Å². The summed E-state index contributed by atoms with van der Waals surface area (Å²) < 4.78 is 34.1. The van der Waals surface area contributed by atoms with Crippen molar-refractivity contribution in [1.82, 2.24) is 0 Å². The average Bonchev–Trinajstić information content (AvgIpc) is 2.57. The highest BCUT2D eigenvalue weighted by molar-refractivity contribution is 7.86. The summed E-state index contributed by atoms with van der Waals surface area (Å²) in [6, 6.07) is 4.56. The van der Waals surface area contributed by atoms with Crippen LogP contribution in [0.15, 0.2) is 41.3 Å². The van der Waals surface area contributed by atoms with Crippen LogP contribution in [0.2, 0.25) is 0 Å². The number of imide groups is 1. The van der Waals surface area contributed by atoms with Gasteiger partial charge in [-0.2, -0.15) is 8.42 Å². The first-order chi connectivity index (χ1) is 7.89. The van der Waals surface area contributed by atoms with E-state index in [0.717, 1.165) is 29.2 Å². The summed E-state index contributed by atoms with van der Waals surface area (Å²) in [5.74, 6) is -1.19. The summed E-state index contributed by atoms with van der Waals surface area (Å²) in [4.78, 5) is 22.8. The molecule has 0 atom stereocenters. The Kier molecular flexibility index (Phi) is 2.55. The SMILES string of the molecule is O=C1C=CC(=O)N1c1cccc(S(=O)(=O)F)c1. The quantitative estimate of drug-likeness (QED) is 0.578. The normalized spacial score (nSPS) is 15.7. The molecule has 0 bridgehead atoms. The van der Waals surface area contributed by atoms with E-state index in [1.807, 2.05) is 0 Å². The molecule has 88 valence electrons. The summed E-state index contributed by atoms with van der Waals surface area (Å²) in [5.41, 5.74) is 0.0173. The molecule has 1 aliphatic rings. The lowest BCUT2D eigenvalue weighted by Gasteiger charge is -2.13. The van der Waals surface area contributed by atoms with E-state index in [1.54, 1.807) is 0 Å². The number of anilines is 1. The minimum atomic E-state index is -4.86. The molecule has 0 unspecified atom stereocenters. The molecule has 1 aromatic rings. The molecule has 7 heteroatoms. The largest absolute Gasteiger partial charge is 0.332 e. The number of carbonyl (C=O) groups excluding carboxylic acids is 2. The van der Waals surface area contributed by atoms with E-state index in [2.05, 4.69) is 0 Å². The van der Waals surface area contributed by atoms with Crippen molar-refractivity contribution in [2.75, 3.05) is 4.90 Å². The summed E-state index contributed by atoms with van der Waals surface area (Å²) >= 11 is 0. The zero-order chi connectivity index (χ0) is 12.6. The Hall–Kier alpha value is -2.02. The average molecular weight is 255 g/mol. The molecule has 0 spiro atoms. The Labute approximate surface area is 96.4 Å². The molecule has 0 radical (unpaired) electrons. The number of hydrogen-bond donors (Lipinski definition) is 0. The highest BCUT2D eigenvalue weighted by Gasteiger charge is 2.26. The molecule has 1 aromatic carbocycles. The minimum absolute atomic E-state index is 0.0173. The van der Waals surface area contributed by atoms with Gasteiger partial charge in [0, 0.05) is 12.2 Å². The Morgan fingerprint density at radius 3 is 2.18 bits per heavy atom. The van der Waals surface area contributed by atoms with Gasteiger partial charge in [0.15, 0.2) is 0 Å². The molecule has 0 saturated carbocycles. The fourth-order valence-electron chi connectivity index (χ4n) is 1.43. The predicted molar refractivity (Wildman–Crippen MR) is 56.4 cm³/mol. The minimum Gasteiger partial charge on any atom is -0.269 e. The zero-order valence-electron chi connectivity index (χ0n) is 8.33. The Morgan fingerprint density at radius 1 is 1.06 bits per heavy atom. The molecule has 0 fully saturated rings. The van der Waals surface area contributed by atoms with Gasteiger partial charge in [-0.1, -0.05) is 6.07 Å². The third-order valence-electron chi connectivity index (χ3n) is 2.17. The summed E-state index contributed by atoms with van der Waals surface area (Å²) in [6.07, 6.45) is 2.11. The van der Waals surface area contributed by atoms with Crippen molar-refractivity contribution in [3.63, 3.8) is 0 Å². The van der Waals surface area contributed by atoms with Crippen LogP contribution in [-0.4, -0.2) is 20.2 Å². The van der Waals surface area contributed by atoms with Gasteiger partial charge in [-0.05, 0) is 18.2 Å². The number of halogens is 1. The van der Waals surface area contributed by atoms with Crippen molar-refractivity contribution in [3.8, 4) is 0 Å². The first kappa shape index (κ1) is 11.5. The van der Waals surface area contributed by atoms with Crippen LogP contribution in [0.5, 0.6) is 0 Å². The number of benzene rings is 1. The molecule has 0 aliphatic carbocycles. The van der Waals surface area contributed by atoms with Crippen LogP contribution >= 0.6 is 0 Å². The highest BCUT2D eigenvalue weighted by Crippen LogP contribution is 2.23. The molecule has 2 rings (SSSR count). The highest BCUT2D eigenvalue weighted by atomic mass is 32.3. The van der Waals surface area contributed by atoms with Crippen molar-refractivity contribution in [1.29, 1.82) is 0 Å². The molecule has 1 heterocycles. The number of hydrogen-bond acceptors (Lipinski definition) is 4. The molecule has 1 aliphatic heterocycles. The van der Waals surface area contributed by atoms with Crippen LogP contribution in [-0.2, 0) is 19.8 Å². The third-order valence-corrected chi connectivity index (χ3v) is 2.98. The smallest absolute Gasteiger partial charge is 0.269 e. The second-order valence-corrected chi connectivity index (χ2v) is 4.63. The monoisotopic (exact) mass is 255 g/mol. The second-order valence-electron chi connectivity index (χ2n) is 3.28. The second kappa shape index (κ2) is 3.77. The molecular weight excluding hydrogens is 249 g/mol. The van der Waals surface area contributed by atoms with Gasteiger partial charge < -0.3 is 0 Å². The van der Waals surface area contributed by atoms with Crippen LogP contribution in [0.4, 0.5) is 9.57 Å². The van der Waals surface area contributed by atoms with Gasteiger partial charge >= 0.3 is 10.2 Å². The maximum Gasteiger partial charge on any atom is 0.332 e. The maximum absolute atomic E-state index is 12.8. The van der Waals surface area contributed by atoms with Gasteiger partial charge in [-0.3, -0.25) is 9.59 Å². The molecule has 0 N–H and O–H groups in total. The van der Waals surface area contributed by atoms with Crippen molar-refractivity contribution in [2.45, 2.75) is 4.90 Å². The fourth-order valence-corrected chi connectivity index (χ4v) is 1.93. The lowest BCUT2D eigenvalue weighted by Crippen LogP contribution is -2.29. The number of nitrogens with zero attached hydrogens (tertiary/aromatic N) is 1. The van der Waals surface area contributed by atoms with Gasteiger partial charge in [0.25, 0.3) is 11.8 Å². The van der Waals surface area contributed by atoms with E-state index in [0.29, 0.717) is 0 Å². The molecule has 0 saturated heterocycles. The van der Waals surface area contributed by atoms with Crippen LogP contribution in [0.25, 0.3) is 0 Å². The first-order valence-electron chi connectivity index (χ1n) is 4.50. The van der Waals surface area contributed by atoms with Gasteiger partial charge in [0.2, 0.25) is 0 Å². The van der Waals surface area contributed by atoms with Crippen LogP contribution in [0.3, 0.4) is 0 Å². The van der Waals surface area contributed by atoms with E-state index < -0.39 is 26.9 Å². The maximum atomic E-state index is 12.8. The molecular formula is C10H6FNO4S. The number of carbonyl (C=O) groups is 2. The topological polar surface area (TPSA) is 71.5 Å². The molecule has 0 aromatic heterocycles. The Bertz CT molecular complexity index is 617. The van der Waals surface area contributed by atoms with Crippen LogP contribution in [0, 0.1) is 0 Å². The van der Waals surface area contributed by atoms with Crippen LogP contribution < -0.4 is 4.90 Å². The molecule has 17 heavy (non-hydrogen) atoms. The summed E-state index contributed by atoms with van der Waals surface area (Å²) in [5, 5.41) is 0. The van der Waals surface area contributed by atoms with Gasteiger partial charge in [0.05, 0.1) is 5.69 Å². The zero-order valence-corrected chi connectivity index (χ0v) is 9.15. The fraction of sp³-hybridized carbons (Fsp3) is 0. The summed E-state index contributed by atoms with van der Waals surface area (Å²) in [6.45, 7) is 0. The first-order valence-corrected chi connectivity index (χ1v) is 5.89. The van der Waals surface area contributed by atoms with Crippen molar-refractivity contribution < 1.29 is 21.9 Å². The van der Waals surface area contributed by atoms with Crippen molar-refractivity contribution >= 4 is 27.7 Å². The number of rotatable bonds is 2. The van der Waals surface area contributed by atoms with E-state index in [1.165, 1.54) is 12.1 Å². The van der Waals surface area contributed by atoms with E-state index in [9.17, 15) is 21.9 Å². The lowest BCUT2D eigenvalue weighted by atomic mass is 10.3. The van der Waals surface area contributed by atoms with E-state index in [-0.39, 0.29) is 5.69 Å². The van der Waals surface area contributed by atoms with E-state index >= 15 is 0 Å². The van der Waals surface area contributed by atoms with Gasteiger partial charge in [0.1, 0.15) is 4.90 Å². The number of amides is 2. The third kappa shape index (κ3) is 2.09. The predicted octanol–water partition coefficient (Wildman–Crippen LogP) is 0.774. The lowest BCUT2D eigenvalue weighted by molar-refractivity contribution is -0.119. The Morgan fingerprint density at radius 2 is 1.65 bits per heavy atom.